The van der Waals surface area contributed by atoms with Gasteiger partial charge < -0.3 is 19.7 Å². The molecule has 0 aliphatic carbocycles. The van der Waals surface area contributed by atoms with Crippen molar-refractivity contribution in [3.05, 3.63) is 16.1 Å². The smallest absolute Gasteiger partial charge is 0.410 e. The van der Waals surface area contributed by atoms with Crippen molar-refractivity contribution in [1.29, 1.82) is 0 Å². The molecule has 1 heterocycles. The first-order chi connectivity index (χ1) is 10.3. The van der Waals surface area contributed by atoms with E-state index < -0.39 is 5.60 Å². The van der Waals surface area contributed by atoms with Crippen LogP contribution in [0, 0.1) is 6.92 Å². The zero-order valence-electron chi connectivity index (χ0n) is 14.1. The molecule has 0 unspecified atom stereocenters. The second kappa shape index (κ2) is 9.07. The first-order valence-corrected chi connectivity index (χ1v) is 8.22. The third-order valence-electron chi connectivity index (χ3n) is 2.74. The van der Waals surface area contributed by atoms with Crippen LogP contribution in [0.25, 0.3) is 0 Å². The highest BCUT2D eigenvalue weighted by Crippen LogP contribution is 2.11. The van der Waals surface area contributed by atoms with Crippen LogP contribution in [0.15, 0.2) is 6.20 Å². The highest BCUT2D eigenvalue weighted by molar-refractivity contribution is 7.11. The zero-order chi connectivity index (χ0) is 16.6. The predicted octanol–water partition coefficient (Wildman–Crippen LogP) is 2.42. The number of nitrogens with one attached hydrogen (secondary N) is 1. The fraction of sp³-hybridized carbons (Fsp3) is 0.733. The van der Waals surface area contributed by atoms with Gasteiger partial charge in [-0.05, 0) is 27.7 Å². The number of thiazole rings is 1. The molecule has 0 fully saturated rings. The van der Waals surface area contributed by atoms with Gasteiger partial charge >= 0.3 is 6.09 Å². The number of ether oxygens (including phenoxy) is 2. The van der Waals surface area contributed by atoms with Gasteiger partial charge in [0.05, 0.1) is 11.6 Å². The monoisotopic (exact) mass is 329 g/mol. The summed E-state index contributed by atoms with van der Waals surface area (Å²) in [7, 11) is 1.62. The molecule has 22 heavy (non-hydrogen) atoms. The van der Waals surface area contributed by atoms with Crippen molar-refractivity contribution in [2.24, 2.45) is 0 Å². The Kier molecular flexibility index (Phi) is 7.78. The third-order valence-corrected chi connectivity index (χ3v) is 3.66. The van der Waals surface area contributed by atoms with Gasteiger partial charge in [-0.1, -0.05) is 0 Å². The predicted molar refractivity (Wildman–Crippen MR) is 88.2 cm³/mol. The lowest BCUT2D eigenvalue weighted by Gasteiger charge is -2.27. The summed E-state index contributed by atoms with van der Waals surface area (Å²) >= 11 is 1.68. The van der Waals surface area contributed by atoms with Crippen molar-refractivity contribution >= 4 is 17.4 Å². The fourth-order valence-corrected chi connectivity index (χ4v) is 2.50. The van der Waals surface area contributed by atoms with E-state index in [4.69, 9.17) is 9.47 Å². The molecule has 1 amide bonds. The summed E-state index contributed by atoms with van der Waals surface area (Å²) in [6.45, 7) is 10.6. The Balaban J connectivity index is 2.38. The molecule has 0 bridgehead atoms. The van der Waals surface area contributed by atoms with E-state index in [1.165, 1.54) is 4.88 Å². The Bertz CT molecular complexity index is 457. The zero-order valence-corrected chi connectivity index (χ0v) is 15.0. The van der Waals surface area contributed by atoms with Gasteiger partial charge in [-0.25, -0.2) is 9.78 Å². The number of rotatable bonds is 8. The number of hydrogen-bond acceptors (Lipinski definition) is 6. The molecule has 0 saturated heterocycles. The van der Waals surface area contributed by atoms with Crippen LogP contribution < -0.4 is 5.32 Å². The molecule has 1 aromatic rings. The van der Waals surface area contributed by atoms with Gasteiger partial charge in [-0.3, -0.25) is 0 Å². The molecule has 0 spiro atoms. The molecule has 6 nitrogen and oxygen atoms in total. The molecule has 1 aromatic heterocycles. The molecule has 0 aliphatic heterocycles. The highest BCUT2D eigenvalue weighted by atomic mass is 32.1. The number of methoxy groups -OCH3 is 1. The van der Waals surface area contributed by atoms with E-state index in [0.29, 0.717) is 26.2 Å². The maximum Gasteiger partial charge on any atom is 0.410 e. The Morgan fingerprint density at radius 1 is 1.41 bits per heavy atom. The molecule has 7 heteroatoms. The van der Waals surface area contributed by atoms with E-state index >= 15 is 0 Å². The van der Waals surface area contributed by atoms with E-state index in [9.17, 15) is 4.79 Å². The average molecular weight is 329 g/mol. The molecule has 0 saturated carbocycles. The molecular weight excluding hydrogens is 302 g/mol. The molecule has 0 radical (unpaired) electrons. The van der Waals surface area contributed by atoms with Crippen LogP contribution >= 0.6 is 11.3 Å². The maximum absolute atomic E-state index is 12.1. The molecule has 1 N–H and O–H groups in total. The maximum atomic E-state index is 12.1. The van der Waals surface area contributed by atoms with Crippen molar-refractivity contribution in [3.8, 4) is 0 Å². The van der Waals surface area contributed by atoms with Crippen LogP contribution in [0.4, 0.5) is 4.79 Å². The summed E-state index contributed by atoms with van der Waals surface area (Å²) in [5, 5.41) is 4.38. The Morgan fingerprint density at radius 3 is 2.68 bits per heavy atom. The largest absolute Gasteiger partial charge is 0.444 e. The standard InChI is InChI=1S/C15H27N3O3S/c1-12-17-11-13(22-12)10-16-6-7-18(8-9-20-5)14(19)21-15(2,3)4/h11,16H,6-10H2,1-5H3. The topological polar surface area (TPSA) is 63.7 Å². The summed E-state index contributed by atoms with van der Waals surface area (Å²) in [5.41, 5.74) is -0.490. The average Bonchev–Trinajstić information content (AvgIpc) is 2.81. The number of aryl methyl sites for hydroxylation is 1. The van der Waals surface area contributed by atoms with Crippen LogP contribution in [0.3, 0.4) is 0 Å². The minimum atomic E-state index is -0.490. The van der Waals surface area contributed by atoms with Crippen molar-refractivity contribution in [2.75, 3.05) is 33.4 Å². The van der Waals surface area contributed by atoms with E-state index in [1.54, 1.807) is 23.3 Å². The van der Waals surface area contributed by atoms with Gasteiger partial charge in [0.25, 0.3) is 0 Å². The minimum absolute atomic E-state index is 0.306. The molecule has 1 rings (SSSR count). The molecule has 0 aliphatic rings. The lowest BCUT2D eigenvalue weighted by Crippen LogP contribution is -2.42. The SMILES string of the molecule is COCCN(CCNCc1cnc(C)s1)C(=O)OC(C)(C)C. The lowest BCUT2D eigenvalue weighted by molar-refractivity contribution is 0.0204. The highest BCUT2D eigenvalue weighted by Gasteiger charge is 2.21. The van der Waals surface area contributed by atoms with Crippen LogP contribution in [0.1, 0.15) is 30.7 Å². The molecule has 0 aromatic carbocycles. The van der Waals surface area contributed by atoms with Gasteiger partial charge in [0.15, 0.2) is 0 Å². The normalized spacial score (nSPS) is 11.5. The number of nitrogens with zero attached hydrogens (tertiary/aromatic N) is 2. The number of amides is 1. The summed E-state index contributed by atoms with van der Waals surface area (Å²) in [5.74, 6) is 0. The van der Waals surface area contributed by atoms with Gasteiger partial charge in [0.1, 0.15) is 5.60 Å². The van der Waals surface area contributed by atoms with Gasteiger partial charge in [-0.2, -0.15) is 0 Å². The second-order valence-electron chi connectivity index (χ2n) is 5.98. The first-order valence-electron chi connectivity index (χ1n) is 7.40. The number of carbonyl (C=O) groups is 1. The van der Waals surface area contributed by atoms with Crippen LogP contribution in [0.2, 0.25) is 0 Å². The Morgan fingerprint density at radius 2 is 2.14 bits per heavy atom. The summed E-state index contributed by atoms with van der Waals surface area (Å²) in [6.07, 6.45) is 1.57. The molecule has 0 atom stereocenters. The van der Waals surface area contributed by atoms with Gasteiger partial charge in [-0.15, -0.1) is 11.3 Å². The lowest BCUT2D eigenvalue weighted by atomic mass is 10.2. The first kappa shape index (κ1) is 18.9. The van der Waals surface area contributed by atoms with Crippen molar-refractivity contribution in [3.63, 3.8) is 0 Å². The van der Waals surface area contributed by atoms with E-state index in [0.717, 1.165) is 11.6 Å². The van der Waals surface area contributed by atoms with Crippen LogP contribution in [-0.4, -0.2) is 54.9 Å². The summed E-state index contributed by atoms with van der Waals surface area (Å²) < 4.78 is 10.5. The Labute approximate surface area is 136 Å². The van der Waals surface area contributed by atoms with Crippen molar-refractivity contribution in [2.45, 2.75) is 39.8 Å². The fourth-order valence-electron chi connectivity index (χ4n) is 1.73. The minimum Gasteiger partial charge on any atom is -0.444 e. The molecular formula is C15H27N3O3S. The van der Waals surface area contributed by atoms with Crippen LogP contribution in [-0.2, 0) is 16.0 Å². The summed E-state index contributed by atoms with van der Waals surface area (Å²) in [6, 6.07) is 0. The Hall–Kier alpha value is -1.18. The number of aromatic nitrogens is 1. The third kappa shape index (κ3) is 7.72. The van der Waals surface area contributed by atoms with Gasteiger partial charge in [0, 0.05) is 44.4 Å². The number of carbonyl (C=O) groups excluding carboxylic acids is 1. The van der Waals surface area contributed by atoms with E-state index in [2.05, 4.69) is 10.3 Å². The van der Waals surface area contributed by atoms with E-state index in [1.807, 2.05) is 33.9 Å². The summed E-state index contributed by atoms with van der Waals surface area (Å²) in [4.78, 5) is 19.2. The number of hydrogen-bond donors (Lipinski definition) is 1. The van der Waals surface area contributed by atoms with Gasteiger partial charge in [0.2, 0.25) is 0 Å². The second-order valence-corrected chi connectivity index (χ2v) is 7.30. The van der Waals surface area contributed by atoms with Crippen LogP contribution in [0.5, 0.6) is 0 Å². The van der Waals surface area contributed by atoms with Crippen molar-refractivity contribution in [1.82, 2.24) is 15.2 Å². The van der Waals surface area contributed by atoms with E-state index in [-0.39, 0.29) is 6.09 Å². The molecule has 126 valence electrons. The van der Waals surface area contributed by atoms with Crippen molar-refractivity contribution < 1.29 is 14.3 Å². The quantitative estimate of drug-likeness (QED) is 0.742.